The standard InChI is InChI=1S/C16H23N3O2.ClH/c1-11(9-17)18-16(21)14-8-15(20)19(10-14)12(2)13-6-4-3-5-7-13;/h3-7,11-12,14H,8-10,17H2,1-2H3,(H,18,21);1H/t11-,12?,14?;/m0./s1. The molecule has 22 heavy (non-hydrogen) atoms. The van der Waals surface area contributed by atoms with Gasteiger partial charge in [-0.3, -0.25) is 9.59 Å². The predicted octanol–water partition coefficient (Wildman–Crippen LogP) is 1.48. The number of rotatable bonds is 5. The van der Waals surface area contributed by atoms with Gasteiger partial charge in [0.1, 0.15) is 0 Å². The Morgan fingerprint density at radius 1 is 1.36 bits per heavy atom. The van der Waals surface area contributed by atoms with Gasteiger partial charge in [0.15, 0.2) is 0 Å². The van der Waals surface area contributed by atoms with E-state index in [4.69, 9.17) is 5.73 Å². The lowest BCUT2D eigenvalue weighted by molar-refractivity contribution is -0.130. The summed E-state index contributed by atoms with van der Waals surface area (Å²) in [7, 11) is 0. The summed E-state index contributed by atoms with van der Waals surface area (Å²) in [4.78, 5) is 26.1. The first-order valence-electron chi connectivity index (χ1n) is 7.37. The van der Waals surface area contributed by atoms with Crippen molar-refractivity contribution in [3.63, 3.8) is 0 Å². The maximum Gasteiger partial charge on any atom is 0.225 e. The number of likely N-dealkylation sites (tertiary alicyclic amines) is 1. The van der Waals surface area contributed by atoms with Gasteiger partial charge in [0.2, 0.25) is 11.8 Å². The normalized spacial score (nSPS) is 20.2. The van der Waals surface area contributed by atoms with Crippen LogP contribution < -0.4 is 11.1 Å². The maximum atomic E-state index is 12.2. The van der Waals surface area contributed by atoms with Crippen LogP contribution in [-0.4, -0.2) is 35.8 Å². The zero-order valence-electron chi connectivity index (χ0n) is 13.0. The molecule has 0 aliphatic carbocycles. The number of benzene rings is 1. The topological polar surface area (TPSA) is 75.4 Å². The molecule has 122 valence electrons. The van der Waals surface area contributed by atoms with Crippen LogP contribution in [0.3, 0.4) is 0 Å². The van der Waals surface area contributed by atoms with E-state index < -0.39 is 0 Å². The average molecular weight is 326 g/mol. The second-order valence-corrected chi connectivity index (χ2v) is 5.68. The third-order valence-electron chi connectivity index (χ3n) is 4.02. The molecular weight excluding hydrogens is 302 g/mol. The molecule has 5 nitrogen and oxygen atoms in total. The molecule has 1 aliphatic rings. The minimum absolute atomic E-state index is 0. The number of nitrogens with one attached hydrogen (secondary N) is 1. The van der Waals surface area contributed by atoms with Crippen LogP contribution in [0.15, 0.2) is 30.3 Å². The quantitative estimate of drug-likeness (QED) is 0.861. The van der Waals surface area contributed by atoms with Crippen molar-refractivity contribution < 1.29 is 9.59 Å². The Hall–Kier alpha value is -1.59. The van der Waals surface area contributed by atoms with E-state index in [1.165, 1.54) is 0 Å². The Balaban J connectivity index is 0.00000242. The van der Waals surface area contributed by atoms with Gasteiger partial charge in [0.25, 0.3) is 0 Å². The Labute approximate surface area is 137 Å². The highest BCUT2D eigenvalue weighted by Crippen LogP contribution is 2.28. The van der Waals surface area contributed by atoms with Gasteiger partial charge >= 0.3 is 0 Å². The molecule has 1 heterocycles. The molecule has 1 aromatic carbocycles. The molecule has 2 amide bonds. The van der Waals surface area contributed by atoms with E-state index in [1.54, 1.807) is 4.90 Å². The molecule has 3 N–H and O–H groups in total. The van der Waals surface area contributed by atoms with Crippen molar-refractivity contribution in [2.24, 2.45) is 11.7 Å². The van der Waals surface area contributed by atoms with Crippen molar-refractivity contribution in [2.75, 3.05) is 13.1 Å². The van der Waals surface area contributed by atoms with E-state index >= 15 is 0 Å². The van der Waals surface area contributed by atoms with Crippen molar-refractivity contribution in [3.8, 4) is 0 Å². The predicted molar refractivity (Wildman–Crippen MR) is 88.6 cm³/mol. The lowest BCUT2D eigenvalue weighted by atomic mass is 10.1. The monoisotopic (exact) mass is 325 g/mol. The van der Waals surface area contributed by atoms with Crippen LogP contribution in [0.5, 0.6) is 0 Å². The fourth-order valence-corrected chi connectivity index (χ4v) is 2.61. The number of hydrogen-bond acceptors (Lipinski definition) is 3. The molecule has 0 bridgehead atoms. The van der Waals surface area contributed by atoms with Crippen molar-refractivity contribution in [3.05, 3.63) is 35.9 Å². The molecule has 2 rings (SSSR count). The number of carbonyl (C=O) groups is 2. The lowest BCUT2D eigenvalue weighted by Gasteiger charge is -2.25. The summed E-state index contributed by atoms with van der Waals surface area (Å²) in [6, 6.07) is 9.80. The van der Waals surface area contributed by atoms with Crippen molar-refractivity contribution in [1.29, 1.82) is 0 Å². The minimum Gasteiger partial charge on any atom is -0.352 e. The van der Waals surface area contributed by atoms with Gasteiger partial charge in [-0.2, -0.15) is 0 Å². The summed E-state index contributed by atoms with van der Waals surface area (Å²) in [5, 5.41) is 2.85. The summed E-state index contributed by atoms with van der Waals surface area (Å²) in [5.74, 6) is -0.325. The summed E-state index contributed by atoms with van der Waals surface area (Å²) in [6.07, 6.45) is 0.278. The molecule has 1 saturated heterocycles. The fraction of sp³-hybridized carbons (Fsp3) is 0.500. The smallest absolute Gasteiger partial charge is 0.225 e. The van der Waals surface area contributed by atoms with E-state index in [9.17, 15) is 9.59 Å². The third kappa shape index (κ3) is 4.21. The largest absolute Gasteiger partial charge is 0.352 e. The summed E-state index contributed by atoms with van der Waals surface area (Å²) in [5.41, 5.74) is 6.59. The van der Waals surface area contributed by atoms with Crippen LogP contribution in [0.25, 0.3) is 0 Å². The molecule has 0 radical (unpaired) electrons. The molecule has 0 saturated carbocycles. The molecule has 0 aromatic heterocycles. The summed E-state index contributed by atoms with van der Waals surface area (Å²) < 4.78 is 0. The SMILES string of the molecule is CC(c1ccccc1)N1CC(C(=O)N[C@@H](C)CN)CC1=O.Cl. The highest BCUT2D eigenvalue weighted by atomic mass is 35.5. The van der Waals surface area contributed by atoms with Gasteiger partial charge in [-0.1, -0.05) is 30.3 Å². The first-order valence-corrected chi connectivity index (χ1v) is 7.37. The van der Waals surface area contributed by atoms with Gasteiger partial charge < -0.3 is 16.0 Å². The number of carbonyl (C=O) groups excluding carboxylic acids is 2. The number of hydrogen-bond donors (Lipinski definition) is 2. The molecule has 3 atom stereocenters. The summed E-state index contributed by atoms with van der Waals surface area (Å²) >= 11 is 0. The van der Waals surface area contributed by atoms with E-state index in [0.29, 0.717) is 13.1 Å². The van der Waals surface area contributed by atoms with Gasteiger partial charge in [-0.05, 0) is 19.4 Å². The number of nitrogens with zero attached hydrogens (tertiary/aromatic N) is 1. The fourth-order valence-electron chi connectivity index (χ4n) is 2.61. The molecule has 2 unspecified atom stereocenters. The van der Waals surface area contributed by atoms with Gasteiger partial charge in [-0.15, -0.1) is 12.4 Å². The molecule has 0 spiro atoms. The third-order valence-corrected chi connectivity index (χ3v) is 4.02. The molecule has 1 aliphatic heterocycles. The van der Waals surface area contributed by atoms with Crippen LogP contribution in [-0.2, 0) is 9.59 Å². The van der Waals surface area contributed by atoms with E-state index in [2.05, 4.69) is 5.32 Å². The zero-order chi connectivity index (χ0) is 15.4. The Morgan fingerprint density at radius 2 is 2.00 bits per heavy atom. The Kier molecular flexibility index (Phi) is 6.84. The summed E-state index contributed by atoms with van der Waals surface area (Å²) in [6.45, 7) is 4.73. The second kappa shape index (κ2) is 8.15. The second-order valence-electron chi connectivity index (χ2n) is 5.68. The van der Waals surface area contributed by atoms with E-state index in [1.807, 2.05) is 44.2 Å². The zero-order valence-corrected chi connectivity index (χ0v) is 13.8. The molecule has 1 fully saturated rings. The maximum absolute atomic E-state index is 12.2. The van der Waals surface area contributed by atoms with E-state index in [-0.39, 0.29) is 48.6 Å². The average Bonchev–Trinajstić information content (AvgIpc) is 2.89. The molecule has 1 aromatic rings. The molecule has 6 heteroatoms. The number of amides is 2. The van der Waals surface area contributed by atoms with Crippen LogP contribution in [0.1, 0.15) is 31.9 Å². The van der Waals surface area contributed by atoms with Crippen LogP contribution in [0.4, 0.5) is 0 Å². The van der Waals surface area contributed by atoms with Gasteiger partial charge in [0, 0.05) is 25.6 Å². The van der Waals surface area contributed by atoms with Crippen molar-refractivity contribution in [2.45, 2.75) is 32.4 Å². The lowest BCUT2D eigenvalue weighted by Crippen LogP contribution is -2.42. The van der Waals surface area contributed by atoms with Crippen LogP contribution in [0.2, 0.25) is 0 Å². The Bertz CT molecular complexity index is 509. The highest BCUT2D eigenvalue weighted by Gasteiger charge is 2.37. The first-order chi connectivity index (χ1) is 10.0. The number of nitrogens with two attached hydrogens (primary N) is 1. The van der Waals surface area contributed by atoms with Crippen LogP contribution >= 0.6 is 12.4 Å². The Morgan fingerprint density at radius 3 is 2.59 bits per heavy atom. The molecular formula is C16H24ClN3O2. The highest BCUT2D eigenvalue weighted by molar-refractivity contribution is 5.89. The van der Waals surface area contributed by atoms with E-state index in [0.717, 1.165) is 5.56 Å². The van der Waals surface area contributed by atoms with Gasteiger partial charge in [0.05, 0.1) is 12.0 Å². The first kappa shape index (κ1) is 18.5. The van der Waals surface area contributed by atoms with Crippen molar-refractivity contribution in [1.82, 2.24) is 10.2 Å². The van der Waals surface area contributed by atoms with Gasteiger partial charge in [-0.25, -0.2) is 0 Å². The van der Waals surface area contributed by atoms with Crippen molar-refractivity contribution >= 4 is 24.2 Å². The van der Waals surface area contributed by atoms with Crippen LogP contribution in [0, 0.1) is 5.92 Å². The number of halogens is 1. The minimum atomic E-state index is -0.280.